The van der Waals surface area contributed by atoms with E-state index in [0.717, 1.165) is 0 Å². The number of likely N-dealkylation sites (tertiary alicyclic amines) is 1. The standard InChI is InChI=1S/C21H22N4O5/c1-2-25-16-6-5-13(12-15(16)23-19(27)21(25)29)18(26)22-14-7-9-24(10-8-14)20(28)17-4-3-11-30-17/h3-6,11-12,14H,2,7-10H2,1H3,(H,22,26)(H,23,27). The van der Waals surface area contributed by atoms with Crippen molar-refractivity contribution in [2.75, 3.05) is 13.1 Å². The van der Waals surface area contributed by atoms with Crippen LogP contribution in [-0.4, -0.2) is 45.4 Å². The lowest BCUT2D eigenvalue weighted by atomic mass is 10.0. The molecule has 4 rings (SSSR count). The number of H-pyrrole nitrogens is 1. The predicted molar refractivity (Wildman–Crippen MR) is 110 cm³/mol. The summed E-state index contributed by atoms with van der Waals surface area (Å²) in [6.45, 7) is 3.20. The summed E-state index contributed by atoms with van der Waals surface area (Å²) in [4.78, 5) is 53.1. The Morgan fingerprint density at radius 3 is 2.63 bits per heavy atom. The zero-order valence-electron chi connectivity index (χ0n) is 16.5. The molecule has 1 aliphatic rings. The SMILES string of the molecule is CCn1c(=O)c(=O)[nH]c2cc(C(=O)NC3CCN(C(=O)c4ccco4)CC3)ccc21. The number of carbonyl (C=O) groups excluding carboxylic acids is 2. The molecular formula is C21H22N4O5. The molecule has 30 heavy (non-hydrogen) atoms. The van der Waals surface area contributed by atoms with Crippen molar-refractivity contribution in [3.05, 3.63) is 68.6 Å². The van der Waals surface area contributed by atoms with Crippen LogP contribution >= 0.6 is 0 Å². The third-order valence-electron chi connectivity index (χ3n) is 5.40. The quantitative estimate of drug-likeness (QED) is 0.630. The van der Waals surface area contributed by atoms with Crippen LogP contribution in [0.25, 0.3) is 11.0 Å². The third-order valence-corrected chi connectivity index (χ3v) is 5.40. The van der Waals surface area contributed by atoms with Crippen LogP contribution in [0.5, 0.6) is 0 Å². The van der Waals surface area contributed by atoms with Crippen molar-refractivity contribution in [1.82, 2.24) is 19.8 Å². The number of furan rings is 1. The second-order valence-corrected chi connectivity index (χ2v) is 7.25. The van der Waals surface area contributed by atoms with E-state index in [1.54, 1.807) is 42.2 Å². The summed E-state index contributed by atoms with van der Waals surface area (Å²) in [6.07, 6.45) is 2.74. The van der Waals surface area contributed by atoms with Crippen LogP contribution < -0.4 is 16.4 Å². The van der Waals surface area contributed by atoms with E-state index >= 15 is 0 Å². The lowest BCUT2D eigenvalue weighted by Gasteiger charge is -2.31. The molecule has 0 bridgehead atoms. The maximum absolute atomic E-state index is 12.7. The molecule has 0 radical (unpaired) electrons. The fraction of sp³-hybridized carbons (Fsp3) is 0.333. The van der Waals surface area contributed by atoms with Gasteiger partial charge in [0.25, 0.3) is 11.8 Å². The van der Waals surface area contributed by atoms with E-state index < -0.39 is 11.1 Å². The van der Waals surface area contributed by atoms with Crippen molar-refractivity contribution < 1.29 is 14.0 Å². The van der Waals surface area contributed by atoms with Gasteiger partial charge in [-0.05, 0) is 50.1 Å². The summed E-state index contributed by atoms with van der Waals surface area (Å²) >= 11 is 0. The molecule has 2 aromatic heterocycles. The Hall–Kier alpha value is -3.62. The second-order valence-electron chi connectivity index (χ2n) is 7.25. The smallest absolute Gasteiger partial charge is 0.316 e. The monoisotopic (exact) mass is 410 g/mol. The van der Waals surface area contributed by atoms with Gasteiger partial charge in [-0.25, -0.2) is 0 Å². The van der Waals surface area contributed by atoms with Gasteiger partial charge in [0.15, 0.2) is 5.76 Å². The first-order valence-corrected chi connectivity index (χ1v) is 9.88. The number of amides is 2. The molecule has 2 N–H and O–H groups in total. The Kier molecular flexibility index (Phi) is 5.26. The minimum atomic E-state index is -0.712. The minimum absolute atomic E-state index is 0.0579. The van der Waals surface area contributed by atoms with Gasteiger partial charge in [-0.3, -0.25) is 19.2 Å². The number of aromatic amines is 1. The van der Waals surface area contributed by atoms with E-state index in [9.17, 15) is 19.2 Å². The molecule has 0 spiro atoms. The lowest BCUT2D eigenvalue weighted by molar-refractivity contribution is 0.0667. The van der Waals surface area contributed by atoms with Crippen molar-refractivity contribution in [3.63, 3.8) is 0 Å². The van der Waals surface area contributed by atoms with Crippen LogP contribution in [0.2, 0.25) is 0 Å². The number of hydrogen-bond donors (Lipinski definition) is 2. The van der Waals surface area contributed by atoms with Gasteiger partial charge >= 0.3 is 11.1 Å². The summed E-state index contributed by atoms with van der Waals surface area (Å²) in [7, 11) is 0. The molecule has 3 heterocycles. The fourth-order valence-electron chi connectivity index (χ4n) is 3.79. The van der Waals surface area contributed by atoms with Crippen molar-refractivity contribution in [2.24, 2.45) is 0 Å². The first kappa shape index (κ1) is 19.7. The van der Waals surface area contributed by atoms with Gasteiger partial charge in [0.1, 0.15) is 0 Å². The number of nitrogens with zero attached hydrogens (tertiary/aromatic N) is 2. The molecule has 2 amide bonds. The Balaban J connectivity index is 1.44. The number of carbonyl (C=O) groups is 2. The highest BCUT2D eigenvalue weighted by Gasteiger charge is 2.26. The molecule has 0 saturated carbocycles. The van der Waals surface area contributed by atoms with Gasteiger partial charge in [-0.1, -0.05) is 0 Å². The highest BCUT2D eigenvalue weighted by molar-refractivity contribution is 5.97. The molecule has 1 fully saturated rings. The van der Waals surface area contributed by atoms with Gasteiger partial charge < -0.3 is 24.2 Å². The largest absolute Gasteiger partial charge is 0.459 e. The van der Waals surface area contributed by atoms with Gasteiger partial charge in [-0.15, -0.1) is 0 Å². The Morgan fingerprint density at radius 1 is 1.20 bits per heavy atom. The van der Waals surface area contributed by atoms with Crippen LogP contribution in [0, 0.1) is 0 Å². The summed E-state index contributed by atoms with van der Waals surface area (Å²) in [5.41, 5.74) is 0.0819. The van der Waals surface area contributed by atoms with E-state index in [1.807, 2.05) is 0 Å². The normalized spacial score (nSPS) is 14.8. The van der Waals surface area contributed by atoms with Crippen molar-refractivity contribution in [1.29, 1.82) is 0 Å². The topological polar surface area (TPSA) is 117 Å². The van der Waals surface area contributed by atoms with Crippen LogP contribution in [0.3, 0.4) is 0 Å². The first-order chi connectivity index (χ1) is 14.5. The molecule has 0 aliphatic carbocycles. The number of nitrogens with one attached hydrogen (secondary N) is 2. The Labute approximate surface area is 171 Å². The maximum Gasteiger partial charge on any atom is 0.316 e. The lowest BCUT2D eigenvalue weighted by Crippen LogP contribution is -2.46. The number of hydrogen-bond acceptors (Lipinski definition) is 5. The van der Waals surface area contributed by atoms with E-state index in [-0.39, 0.29) is 17.9 Å². The van der Waals surface area contributed by atoms with Crippen LogP contribution in [0.15, 0.2) is 50.6 Å². The number of aryl methyl sites for hydroxylation is 1. The van der Waals surface area contributed by atoms with Crippen molar-refractivity contribution >= 4 is 22.8 Å². The maximum atomic E-state index is 12.7. The fourth-order valence-corrected chi connectivity index (χ4v) is 3.79. The molecule has 156 valence electrons. The Morgan fingerprint density at radius 2 is 1.97 bits per heavy atom. The number of rotatable bonds is 4. The van der Waals surface area contributed by atoms with Gasteiger partial charge in [0.05, 0.1) is 17.3 Å². The van der Waals surface area contributed by atoms with E-state index in [0.29, 0.717) is 54.8 Å². The average Bonchev–Trinajstić information content (AvgIpc) is 3.29. The zero-order valence-corrected chi connectivity index (χ0v) is 16.5. The third kappa shape index (κ3) is 3.66. The number of piperidine rings is 1. The molecular weight excluding hydrogens is 388 g/mol. The number of fused-ring (bicyclic) bond motifs is 1. The van der Waals surface area contributed by atoms with Crippen molar-refractivity contribution in [2.45, 2.75) is 32.4 Å². The van der Waals surface area contributed by atoms with Crippen LogP contribution in [0.1, 0.15) is 40.7 Å². The molecule has 1 saturated heterocycles. The molecule has 1 aliphatic heterocycles. The second kappa shape index (κ2) is 8.02. The summed E-state index contributed by atoms with van der Waals surface area (Å²) in [6, 6.07) is 8.13. The summed E-state index contributed by atoms with van der Waals surface area (Å²) in [5.74, 6) is -0.0961. The highest BCUT2D eigenvalue weighted by Crippen LogP contribution is 2.16. The first-order valence-electron chi connectivity index (χ1n) is 9.88. The Bertz CT molecular complexity index is 1200. The van der Waals surface area contributed by atoms with E-state index in [1.165, 1.54) is 10.8 Å². The average molecular weight is 410 g/mol. The number of benzene rings is 1. The highest BCUT2D eigenvalue weighted by atomic mass is 16.3. The predicted octanol–water partition coefficient (Wildman–Crippen LogP) is 1.34. The number of aromatic nitrogens is 2. The van der Waals surface area contributed by atoms with Gasteiger partial charge in [-0.2, -0.15) is 0 Å². The minimum Gasteiger partial charge on any atom is -0.459 e. The molecule has 9 heteroatoms. The van der Waals surface area contributed by atoms with Crippen LogP contribution in [0.4, 0.5) is 0 Å². The van der Waals surface area contributed by atoms with Gasteiger partial charge in [0, 0.05) is 31.2 Å². The summed E-state index contributed by atoms with van der Waals surface area (Å²) in [5, 5.41) is 2.99. The van der Waals surface area contributed by atoms with E-state index in [4.69, 9.17) is 4.42 Å². The van der Waals surface area contributed by atoms with Crippen LogP contribution in [-0.2, 0) is 6.54 Å². The zero-order chi connectivity index (χ0) is 21.3. The summed E-state index contributed by atoms with van der Waals surface area (Å²) < 4.78 is 6.53. The van der Waals surface area contributed by atoms with Crippen molar-refractivity contribution in [3.8, 4) is 0 Å². The molecule has 0 atom stereocenters. The molecule has 3 aromatic rings. The van der Waals surface area contributed by atoms with Gasteiger partial charge in [0.2, 0.25) is 0 Å². The van der Waals surface area contributed by atoms with E-state index in [2.05, 4.69) is 10.3 Å². The molecule has 9 nitrogen and oxygen atoms in total. The molecule has 1 aromatic carbocycles. The molecule has 0 unspecified atom stereocenters.